The number of nitrogens with two attached hydrogens (primary N) is 1. The molecule has 112 valence electrons. The molecular weight excluding hydrogens is 288 g/mol. The van der Waals surface area contributed by atoms with Crippen LogP contribution in [-0.2, 0) is 13.2 Å². The van der Waals surface area contributed by atoms with Crippen LogP contribution in [0.15, 0.2) is 47.4 Å². The molecule has 0 aliphatic rings. The summed E-state index contributed by atoms with van der Waals surface area (Å²) in [6, 6.07) is 10.9. The Morgan fingerprint density at radius 3 is 2.71 bits per heavy atom. The zero-order chi connectivity index (χ0) is 15.1. The summed E-state index contributed by atoms with van der Waals surface area (Å²) >= 11 is 6.07. The molecule has 4 nitrogen and oxygen atoms in total. The van der Waals surface area contributed by atoms with E-state index in [0.29, 0.717) is 23.9 Å². The predicted octanol–water partition coefficient (Wildman–Crippen LogP) is 2.82. The Morgan fingerprint density at radius 1 is 1.14 bits per heavy atom. The molecule has 0 saturated heterocycles. The third kappa shape index (κ3) is 4.34. The van der Waals surface area contributed by atoms with E-state index in [9.17, 15) is 4.79 Å². The molecule has 0 aliphatic heterocycles. The number of hydrogen-bond donors (Lipinski definition) is 1. The summed E-state index contributed by atoms with van der Waals surface area (Å²) < 4.78 is 7.26. The minimum absolute atomic E-state index is 0.124. The van der Waals surface area contributed by atoms with Gasteiger partial charge in [-0.25, -0.2) is 0 Å². The van der Waals surface area contributed by atoms with Crippen molar-refractivity contribution in [1.29, 1.82) is 0 Å². The molecule has 0 fully saturated rings. The summed E-state index contributed by atoms with van der Waals surface area (Å²) in [7, 11) is 0. The van der Waals surface area contributed by atoms with Crippen LogP contribution in [0.3, 0.4) is 0 Å². The van der Waals surface area contributed by atoms with Gasteiger partial charge < -0.3 is 15.0 Å². The summed E-state index contributed by atoms with van der Waals surface area (Å²) in [6.07, 6.45) is 3.54. The second-order valence-electron chi connectivity index (χ2n) is 4.75. The van der Waals surface area contributed by atoms with Crippen molar-refractivity contribution >= 4 is 11.6 Å². The second kappa shape index (κ2) is 7.86. The highest BCUT2D eigenvalue weighted by Gasteiger charge is 2.06. The number of nitrogens with zero attached hydrogens (tertiary/aromatic N) is 1. The molecule has 0 atom stereocenters. The molecule has 0 spiro atoms. The maximum Gasteiger partial charge on any atom is 0.292 e. The van der Waals surface area contributed by atoms with E-state index in [4.69, 9.17) is 22.1 Å². The third-order valence-electron chi connectivity index (χ3n) is 3.18. The van der Waals surface area contributed by atoms with Gasteiger partial charge in [-0.1, -0.05) is 29.8 Å². The fraction of sp³-hybridized carbons (Fsp3) is 0.312. The number of aromatic nitrogens is 1. The molecule has 2 aromatic rings. The number of rotatable bonds is 7. The van der Waals surface area contributed by atoms with Gasteiger partial charge in [-0.05, 0) is 37.6 Å². The number of pyridine rings is 1. The average Bonchev–Trinajstić information content (AvgIpc) is 2.49. The van der Waals surface area contributed by atoms with E-state index in [-0.39, 0.29) is 12.2 Å². The van der Waals surface area contributed by atoms with Crippen LogP contribution in [0, 0.1) is 0 Å². The van der Waals surface area contributed by atoms with Crippen molar-refractivity contribution in [3.05, 3.63) is 63.5 Å². The zero-order valence-corrected chi connectivity index (χ0v) is 12.6. The largest absolute Gasteiger partial charge is 0.483 e. The van der Waals surface area contributed by atoms with Gasteiger partial charge in [0.1, 0.15) is 6.61 Å². The van der Waals surface area contributed by atoms with Crippen LogP contribution in [0.2, 0.25) is 5.02 Å². The maximum absolute atomic E-state index is 12.2. The molecule has 0 aliphatic carbocycles. The molecule has 5 heteroatoms. The van der Waals surface area contributed by atoms with Gasteiger partial charge in [0, 0.05) is 23.3 Å². The van der Waals surface area contributed by atoms with Gasteiger partial charge in [-0.2, -0.15) is 0 Å². The fourth-order valence-corrected chi connectivity index (χ4v) is 2.19. The van der Waals surface area contributed by atoms with Gasteiger partial charge in [0.15, 0.2) is 5.75 Å². The van der Waals surface area contributed by atoms with E-state index < -0.39 is 0 Å². The van der Waals surface area contributed by atoms with Crippen molar-refractivity contribution in [1.82, 2.24) is 4.57 Å². The van der Waals surface area contributed by atoms with Gasteiger partial charge in [0.25, 0.3) is 5.56 Å². The minimum Gasteiger partial charge on any atom is -0.483 e. The van der Waals surface area contributed by atoms with Crippen molar-refractivity contribution in [3.63, 3.8) is 0 Å². The molecular formula is C16H19ClN2O2. The number of unbranched alkanes of at least 4 members (excludes halogenated alkanes) is 1. The van der Waals surface area contributed by atoms with Gasteiger partial charge in [-0.3, -0.25) is 4.79 Å². The predicted molar refractivity (Wildman–Crippen MR) is 84.8 cm³/mol. The Morgan fingerprint density at radius 2 is 1.95 bits per heavy atom. The van der Waals surface area contributed by atoms with Gasteiger partial charge >= 0.3 is 0 Å². The molecule has 0 bridgehead atoms. The van der Waals surface area contributed by atoms with E-state index in [1.54, 1.807) is 22.9 Å². The van der Waals surface area contributed by atoms with Crippen LogP contribution in [0.1, 0.15) is 18.4 Å². The number of aryl methyl sites for hydroxylation is 1. The first-order valence-corrected chi connectivity index (χ1v) is 7.36. The molecule has 0 saturated carbocycles. The summed E-state index contributed by atoms with van der Waals surface area (Å²) in [6.45, 7) is 1.57. The van der Waals surface area contributed by atoms with E-state index in [1.807, 2.05) is 24.3 Å². The summed E-state index contributed by atoms with van der Waals surface area (Å²) in [5.74, 6) is 0.338. The van der Waals surface area contributed by atoms with Crippen LogP contribution < -0.4 is 16.0 Å². The van der Waals surface area contributed by atoms with Gasteiger partial charge in [0.05, 0.1) is 0 Å². The number of ether oxygens (including phenoxy) is 1. The van der Waals surface area contributed by atoms with Gasteiger partial charge in [-0.15, -0.1) is 0 Å². The highest BCUT2D eigenvalue weighted by Crippen LogP contribution is 2.16. The molecule has 2 N–H and O–H groups in total. The van der Waals surface area contributed by atoms with Crippen molar-refractivity contribution in [2.75, 3.05) is 6.54 Å². The van der Waals surface area contributed by atoms with E-state index >= 15 is 0 Å². The lowest BCUT2D eigenvalue weighted by atomic mass is 10.2. The smallest absolute Gasteiger partial charge is 0.292 e. The van der Waals surface area contributed by atoms with Crippen molar-refractivity contribution in [2.24, 2.45) is 5.73 Å². The zero-order valence-electron chi connectivity index (χ0n) is 11.8. The van der Waals surface area contributed by atoms with Crippen LogP contribution in [-0.4, -0.2) is 11.1 Å². The lowest BCUT2D eigenvalue weighted by Crippen LogP contribution is -2.21. The van der Waals surface area contributed by atoms with Crippen LogP contribution in [0.4, 0.5) is 0 Å². The van der Waals surface area contributed by atoms with Crippen LogP contribution in [0.25, 0.3) is 0 Å². The monoisotopic (exact) mass is 306 g/mol. The minimum atomic E-state index is -0.124. The normalized spacial score (nSPS) is 10.6. The molecule has 0 unspecified atom stereocenters. The molecule has 21 heavy (non-hydrogen) atoms. The number of hydrogen-bond acceptors (Lipinski definition) is 3. The number of benzene rings is 1. The molecule has 1 aromatic heterocycles. The summed E-state index contributed by atoms with van der Waals surface area (Å²) in [4.78, 5) is 12.2. The number of halogens is 1. The van der Waals surface area contributed by atoms with E-state index in [2.05, 4.69) is 0 Å². The molecule has 2 rings (SSSR count). The molecule has 1 aromatic carbocycles. The Bertz CT molecular complexity index is 640. The van der Waals surface area contributed by atoms with Crippen molar-refractivity contribution in [2.45, 2.75) is 26.0 Å². The lowest BCUT2D eigenvalue weighted by Gasteiger charge is -2.10. The third-order valence-corrected chi connectivity index (χ3v) is 3.55. The first-order valence-electron chi connectivity index (χ1n) is 6.98. The molecule has 1 heterocycles. The van der Waals surface area contributed by atoms with Crippen molar-refractivity contribution in [3.8, 4) is 5.75 Å². The van der Waals surface area contributed by atoms with E-state index in [0.717, 1.165) is 18.4 Å². The maximum atomic E-state index is 12.2. The standard InChI is InChI=1S/C16H19ClN2O2/c17-14-7-2-1-6-13(14)12-21-15-8-5-11-19(16(15)20)10-4-3-9-18/h1-2,5-8,11H,3-4,9-10,12,18H2. The van der Waals surface area contributed by atoms with E-state index in [1.165, 1.54) is 0 Å². The second-order valence-corrected chi connectivity index (χ2v) is 5.15. The summed E-state index contributed by atoms with van der Waals surface area (Å²) in [5, 5.41) is 0.636. The SMILES string of the molecule is NCCCCn1cccc(OCc2ccccc2Cl)c1=O. The Hall–Kier alpha value is -1.78. The quantitative estimate of drug-likeness (QED) is 0.800. The highest BCUT2D eigenvalue weighted by atomic mass is 35.5. The van der Waals surface area contributed by atoms with Crippen molar-refractivity contribution < 1.29 is 4.74 Å². The first-order chi connectivity index (χ1) is 10.2. The summed E-state index contributed by atoms with van der Waals surface area (Å²) in [5.41, 5.74) is 6.20. The van der Waals surface area contributed by atoms with Crippen LogP contribution >= 0.6 is 11.6 Å². The van der Waals surface area contributed by atoms with Crippen LogP contribution in [0.5, 0.6) is 5.75 Å². The Balaban J connectivity index is 2.05. The average molecular weight is 307 g/mol. The topological polar surface area (TPSA) is 57.2 Å². The highest BCUT2D eigenvalue weighted by molar-refractivity contribution is 6.31. The van der Waals surface area contributed by atoms with Gasteiger partial charge in [0.2, 0.25) is 0 Å². The Kier molecular flexibility index (Phi) is 5.84. The molecule has 0 amide bonds. The molecule has 0 radical (unpaired) electrons. The Labute approximate surface area is 129 Å². The lowest BCUT2D eigenvalue weighted by molar-refractivity contribution is 0.298. The fourth-order valence-electron chi connectivity index (χ4n) is 2.00. The first kappa shape index (κ1) is 15.6.